The van der Waals surface area contributed by atoms with Crippen molar-refractivity contribution < 1.29 is 13.2 Å². The highest BCUT2D eigenvalue weighted by Crippen LogP contribution is 2.30. The van der Waals surface area contributed by atoms with Crippen molar-refractivity contribution in [3.05, 3.63) is 53.2 Å². The number of anilines is 1. The zero-order valence-electron chi connectivity index (χ0n) is 18.0. The van der Waals surface area contributed by atoms with Gasteiger partial charge in [0.05, 0.1) is 0 Å². The summed E-state index contributed by atoms with van der Waals surface area (Å²) in [7, 11) is -3.57. The Morgan fingerprint density at radius 1 is 1.03 bits per heavy atom. The minimum Gasteiger partial charge on any atom is -0.355 e. The Kier molecular flexibility index (Phi) is 7.33. The van der Waals surface area contributed by atoms with Crippen LogP contribution in [0.2, 0.25) is 5.02 Å². The molecule has 0 bridgehead atoms. The number of sulfonamides is 1. The molecule has 1 N–H and O–H groups in total. The molecule has 4 rings (SSSR count). The van der Waals surface area contributed by atoms with E-state index in [0.717, 1.165) is 24.8 Å². The third-order valence-corrected chi connectivity index (χ3v) is 8.40. The number of carbonyl (C=O) groups excluding carboxylic acids is 1. The van der Waals surface area contributed by atoms with Crippen molar-refractivity contribution in [3.8, 4) is 0 Å². The third kappa shape index (κ3) is 5.24. The number of nitrogens with zero attached hydrogens (tertiary/aromatic N) is 3. The van der Waals surface area contributed by atoms with E-state index in [-0.39, 0.29) is 16.7 Å². The van der Waals surface area contributed by atoms with Gasteiger partial charge in [-0.2, -0.15) is 4.31 Å². The minimum absolute atomic E-state index is 0.0294. The van der Waals surface area contributed by atoms with E-state index in [9.17, 15) is 13.2 Å². The standard InChI is InChI=1S/C23H29ClN4O3S/c24-20-8-6-18(7-9-20)17-26-23(29)19-10-15-27(16-11-19)22-21(5-4-12-25-22)32(30,31)28-13-2-1-3-14-28/h4-9,12,19H,1-3,10-11,13-17H2,(H,26,29). The monoisotopic (exact) mass is 476 g/mol. The van der Waals surface area contributed by atoms with Crippen LogP contribution < -0.4 is 10.2 Å². The molecule has 0 atom stereocenters. The first-order valence-electron chi connectivity index (χ1n) is 11.2. The van der Waals surface area contributed by atoms with E-state index >= 15 is 0 Å². The summed E-state index contributed by atoms with van der Waals surface area (Å²) in [5.74, 6) is 0.435. The molecule has 7 nitrogen and oxygen atoms in total. The van der Waals surface area contributed by atoms with Crippen LogP contribution in [0.5, 0.6) is 0 Å². The van der Waals surface area contributed by atoms with Gasteiger partial charge in [-0.05, 0) is 55.5 Å². The maximum Gasteiger partial charge on any atom is 0.246 e. The molecule has 0 unspecified atom stereocenters. The first kappa shape index (κ1) is 23.0. The van der Waals surface area contributed by atoms with Crippen molar-refractivity contribution in [2.45, 2.75) is 43.5 Å². The normalized spacial score (nSPS) is 18.5. The smallest absolute Gasteiger partial charge is 0.246 e. The number of aromatic nitrogens is 1. The molecule has 0 saturated carbocycles. The summed E-state index contributed by atoms with van der Waals surface area (Å²) in [5, 5.41) is 3.67. The van der Waals surface area contributed by atoms with Gasteiger partial charge in [-0.25, -0.2) is 13.4 Å². The average Bonchev–Trinajstić information content (AvgIpc) is 2.84. The molecule has 3 heterocycles. The topological polar surface area (TPSA) is 82.6 Å². The van der Waals surface area contributed by atoms with E-state index in [1.165, 1.54) is 0 Å². The molecule has 2 aliphatic heterocycles. The zero-order chi connectivity index (χ0) is 22.6. The quantitative estimate of drug-likeness (QED) is 0.690. The van der Waals surface area contributed by atoms with Crippen molar-refractivity contribution >= 4 is 33.3 Å². The Morgan fingerprint density at radius 2 is 1.72 bits per heavy atom. The lowest BCUT2D eigenvalue weighted by Gasteiger charge is -2.34. The molecule has 9 heteroatoms. The van der Waals surface area contributed by atoms with Crippen molar-refractivity contribution in [1.29, 1.82) is 0 Å². The maximum atomic E-state index is 13.3. The highest BCUT2D eigenvalue weighted by molar-refractivity contribution is 7.89. The van der Waals surface area contributed by atoms with Gasteiger partial charge in [0, 0.05) is 49.9 Å². The fourth-order valence-corrected chi connectivity index (χ4v) is 6.16. The summed E-state index contributed by atoms with van der Waals surface area (Å²) in [4.78, 5) is 19.3. The lowest BCUT2D eigenvalue weighted by molar-refractivity contribution is -0.125. The fourth-order valence-electron chi connectivity index (χ4n) is 4.35. The van der Waals surface area contributed by atoms with Gasteiger partial charge in [0.2, 0.25) is 15.9 Å². The molecule has 2 aliphatic rings. The predicted molar refractivity (Wildman–Crippen MR) is 125 cm³/mol. The fraction of sp³-hybridized carbons (Fsp3) is 0.478. The number of halogens is 1. The molecule has 0 radical (unpaired) electrons. The van der Waals surface area contributed by atoms with Crippen molar-refractivity contribution in [3.63, 3.8) is 0 Å². The largest absolute Gasteiger partial charge is 0.355 e. The van der Waals surface area contributed by atoms with Gasteiger partial charge >= 0.3 is 0 Å². The molecule has 1 aromatic heterocycles. The first-order valence-corrected chi connectivity index (χ1v) is 13.0. The van der Waals surface area contributed by atoms with Gasteiger partial charge < -0.3 is 10.2 Å². The summed E-state index contributed by atoms with van der Waals surface area (Å²) < 4.78 is 28.1. The molecular formula is C23H29ClN4O3S. The minimum atomic E-state index is -3.57. The number of piperidine rings is 2. The van der Waals surface area contributed by atoms with Gasteiger partial charge in [-0.3, -0.25) is 4.79 Å². The van der Waals surface area contributed by atoms with Crippen LogP contribution in [0.25, 0.3) is 0 Å². The van der Waals surface area contributed by atoms with Crippen molar-refractivity contribution in [1.82, 2.24) is 14.6 Å². The lowest BCUT2D eigenvalue weighted by atomic mass is 9.96. The van der Waals surface area contributed by atoms with Gasteiger partial charge in [0.25, 0.3) is 0 Å². The Morgan fingerprint density at radius 3 is 2.41 bits per heavy atom. The summed E-state index contributed by atoms with van der Waals surface area (Å²) in [6.45, 7) is 2.78. The first-order chi connectivity index (χ1) is 15.4. The van der Waals surface area contributed by atoms with E-state index in [2.05, 4.69) is 10.3 Å². The van der Waals surface area contributed by atoms with Gasteiger partial charge in [0.1, 0.15) is 10.7 Å². The number of hydrogen-bond donors (Lipinski definition) is 1. The summed E-state index contributed by atoms with van der Waals surface area (Å²) >= 11 is 5.91. The van der Waals surface area contributed by atoms with E-state index in [4.69, 9.17) is 11.6 Å². The van der Waals surface area contributed by atoms with Gasteiger partial charge in [-0.1, -0.05) is 30.2 Å². The number of benzene rings is 1. The van der Waals surface area contributed by atoms with Crippen LogP contribution in [-0.4, -0.2) is 49.8 Å². The van der Waals surface area contributed by atoms with Crippen LogP contribution in [0, 0.1) is 5.92 Å². The van der Waals surface area contributed by atoms with Crippen LogP contribution in [-0.2, 0) is 21.4 Å². The molecular weight excluding hydrogens is 448 g/mol. The molecule has 1 aromatic carbocycles. The Hall–Kier alpha value is -2.16. The molecule has 1 amide bonds. The number of amides is 1. The second-order valence-corrected chi connectivity index (χ2v) is 10.7. The number of nitrogens with one attached hydrogen (secondary N) is 1. The van der Waals surface area contributed by atoms with Gasteiger partial charge in [-0.15, -0.1) is 0 Å². The summed E-state index contributed by atoms with van der Waals surface area (Å²) in [5.41, 5.74) is 1.00. The van der Waals surface area contributed by atoms with Crippen molar-refractivity contribution in [2.75, 3.05) is 31.1 Å². The Labute approximate surface area is 194 Å². The van der Waals surface area contributed by atoms with E-state index < -0.39 is 10.0 Å². The highest BCUT2D eigenvalue weighted by Gasteiger charge is 2.32. The van der Waals surface area contributed by atoms with E-state index in [1.54, 1.807) is 22.6 Å². The number of carbonyl (C=O) groups is 1. The molecule has 2 saturated heterocycles. The second kappa shape index (κ2) is 10.2. The van der Waals surface area contributed by atoms with Crippen LogP contribution in [0.4, 0.5) is 5.82 Å². The van der Waals surface area contributed by atoms with E-state index in [1.807, 2.05) is 29.2 Å². The maximum absolute atomic E-state index is 13.3. The number of pyridine rings is 1. The van der Waals surface area contributed by atoms with Crippen LogP contribution >= 0.6 is 11.6 Å². The van der Waals surface area contributed by atoms with Gasteiger partial charge in [0.15, 0.2) is 0 Å². The van der Waals surface area contributed by atoms with Crippen molar-refractivity contribution in [2.24, 2.45) is 5.92 Å². The summed E-state index contributed by atoms with van der Waals surface area (Å²) in [6, 6.07) is 10.7. The average molecular weight is 477 g/mol. The molecule has 172 valence electrons. The van der Waals surface area contributed by atoms with E-state index in [0.29, 0.717) is 56.4 Å². The molecule has 0 aliphatic carbocycles. The molecule has 0 spiro atoms. The molecule has 32 heavy (non-hydrogen) atoms. The molecule has 2 aromatic rings. The Bertz CT molecular complexity index is 1030. The van der Waals surface area contributed by atoms with Crippen LogP contribution in [0.1, 0.15) is 37.7 Å². The molecule has 2 fully saturated rings. The SMILES string of the molecule is O=C(NCc1ccc(Cl)cc1)C1CCN(c2ncccc2S(=O)(=O)N2CCCCC2)CC1. The number of hydrogen-bond acceptors (Lipinski definition) is 5. The summed E-state index contributed by atoms with van der Waals surface area (Å²) in [6.07, 6.45) is 5.81. The second-order valence-electron chi connectivity index (χ2n) is 8.40. The lowest BCUT2D eigenvalue weighted by Crippen LogP contribution is -2.42. The predicted octanol–water partition coefficient (Wildman–Crippen LogP) is 3.44. The highest BCUT2D eigenvalue weighted by atomic mass is 35.5. The third-order valence-electron chi connectivity index (χ3n) is 6.23. The number of rotatable bonds is 6. The zero-order valence-corrected chi connectivity index (χ0v) is 19.6. The Balaban J connectivity index is 1.38. The van der Waals surface area contributed by atoms with Crippen LogP contribution in [0.3, 0.4) is 0 Å². The van der Waals surface area contributed by atoms with Crippen LogP contribution in [0.15, 0.2) is 47.5 Å².